The summed E-state index contributed by atoms with van der Waals surface area (Å²) in [6.07, 6.45) is 0. The second kappa shape index (κ2) is 6.71. The van der Waals surface area contributed by atoms with Gasteiger partial charge in [-0.1, -0.05) is 36.4 Å². The third-order valence-electron chi connectivity index (χ3n) is 4.04. The van der Waals surface area contributed by atoms with Gasteiger partial charge in [-0.2, -0.15) is 0 Å². The van der Waals surface area contributed by atoms with Gasteiger partial charge in [-0.3, -0.25) is 9.78 Å². The fourth-order valence-corrected chi connectivity index (χ4v) is 2.87. The minimum absolute atomic E-state index is 0.116. The number of nitrogens with one attached hydrogen (secondary N) is 1. The van der Waals surface area contributed by atoms with Crippen molar-refractivity contribution in [2.24, 2.45) is 0 Å². The topological polar surface area (TPSA) is 51.2 Å². The second-order valence-corrected chi connectivity index (χ2v) is 5.77. The molecule has 4 heteroatoms. The normalized spacial score (nSPS) is 12.0. The molecule has 0 aliphatic carbocycles. The van der Waals surface area contributed by atoms with Crippen LogP contribution in [-0.4, -0.2) is 18.0 Å². The second-order valence-electron chi connectivity index (χ2n) is 5.77. The number of fused-ring (bicyclic) bond motifs is 1. The fraction of sp³-hybridized carbons (Fsp3) is 0.200. The Morgan fingerprint density at radius 1 is 1.12 bits per heavy atom. The molecule has 4 nitrogen and oxygen atoms in total. The van der Waals surface area contributed by atoms with Crippen LogP contribution in [0.3, 0.4) is 0 Å². The molecule has 0 aliphatic rings. The monoisotopic (exact) mass is 320 g/mol. The number of methoxy groups -OCH3 is 1. The van der Waals surface area contributed by atoms with Gasteiger partial charge in [-0.15, -0.1) is 0 Å². The lowest BCUT2D eigenvalue weighted by Crippen LogP contribution is -2.27. The van der Waals surface area contributed by atoms with E-state index in [0.717, 1.165) is 27.9 Å². The summed E-state index contributed by atoms with van der Waals surface area (Å²) >= 11 is 0. The molecule has 1 heterocycles. The van der Waals surface area contributed by atoms with Crippen LogP contribution < -0.4 is 10.1 Å². The lowest BCUT2D eigenvalue weighted by molar-refractivity contribution is 0.0941. The van der Waals surface area contributed by atoms with Gasteiger partial charge in [-0.25, -0.2) is 0 Å². The number of benzene rings is 2. The molecule has 0 spiro atoms. The highest BCUT2D eigenvalue weighted by Gasteiger charge is 2.17. The van der Waals surface area contributed by atoms with Gasteiger partial charge in [0, 0.05) is 16.6 Å². The zero-order valence-electron chi connectivity index (χ0n) is 14.0. The van der Waals surface area contributed by atoms with Crippen LogP contribution in [0.2, 0.25) is 0 Å². The molecule has 2 aromatic carbocycles. The lowest BCUT2D eigenvalue weighted by Gasteiger charge is -2.18. The Morgan fingerprint density at radius 2 is 1.83 bits per heavy atom. The van der Waals surface area contributed by atoms with Crippen molar-refractivity contribution >= 4 is 16.8 Å². The summed E-state index contributed by atoms with van der Waals surface area (Å²) in [4.78, 5) is 17.3. The zero-order chi connectivity index (χ0) is 17.1. The van der Waals surface area contributed by atoms with Gasteiger partial charge in [0.2, 0.25) is 0 Å². The van der Waals surface area contributed by atoms with Crippen molar-refractivity contribution in [2.75, 3.05) is 7.11 Å². The number of carbonyl (C=O) groups excluding carboxylic acids is 1. The molecule has 0 bridgehead atoms. The van der Waals surface area contributed by atoms with E-state index in [1.807, 2.05) is 68.4 Å². The number of rotatable bonds is 4. The van der Waals surface area contributed by atoms with E-state index in [2.05, 4.69) is 10.3 Å². The Kier molecular flexibility index (Phi) is 4.47. The quantitative estimate of drug-likeness (QED) is 0.789. The molecule has 1 aromatic heterocycles. The van der Waals surface area contributed by atoms with E-state index < -0.39 is 0 Å². The average molecular weight is 320 g/mol. The van der Waals surface area contributed by atoms with Gasteiger partial charge < -0.3 is 10.1 Å². The van der Waals surface area contributed by atoms with Crippen molar-refractivity contribution in [1.29, 1.82) is 0 Å². The van der Waals surface area contributed by atoms with E-state index in [1.54, 1.807) is 7.11 Å². The highest BCUT2D eigenvalue weighted by atomic mass is 16.5. The maximum absolute atomic E-state index is 12.8. The van der Waals surface area contributed by atoms with Gasteiger partial charge in [-0.05, 0) is 32.0 Å². The Labute approximate surface area is 141 Å². The van der Waals surface area contributed by atoms with Crippen molar-refractivity contribution in [3.63, 3.8) is 0 Å². The Hall–Kier alpha value is -2.88. The van der Waals surface area contributed by atoms with Crippen LogP contribution in [0, 0.1) is 6.92 Å². The predicted molar refractivity (Wildman–Crippen MR) is 95.4 cm³/mol. The molecular formula is C20H20N2O2. The summed E-state index contributed by atoms with van der Waals surface area (Å²) in [6, 6.07) is 17.0. The van der Waals surface area contributed by atoms with Gasteiger partial charge in [0.25, 0.3) is 5.91 Å². The predicted octanol–water partition coefficient (Wildman–Crippen LogP) is 4.04. The molecule has 0 saturated heterocycles. The standard InChI is InChI=1S/C20H20N2O2/c1-13-12-17(16-9-4-6-10-18(16)21-13)20(23)22-14(2)15-8-5-7-11-19(15)24-3/h4-12,14H,1-3H3,(H,22,23). The van der Waals surface area contributed by atoms with E-state index in [0.29, 0.717) is 5.56 Å². The lowest BCUT2D eigenvalue weighted by atomic mass is 10.0. The van der Waals surface area contributed by atoms with Crippen molar-refractivity contribution < 1.29 is 9.53 Å². The number of hydrogen-bond donors (Lipinski definition) is 1. The highest BCUT2D eigenvalue weighted by Crippen LogP contribution is 2.25. The number of pyridine rings is 1. The SMILES string of the molecule is COc1ccccc1C(C)NC(=O)c1cc(C)nc2ccccc12. The number of aryl methyl sites for hydroxylation is 1. The van der Waals surface area contributed by atoms with E-state index in [4.69, 9.17) is 4.74 Å². The molecule has 24 heavy (non-hydrogen) atoms. The van der Waals surface area contributed by atoms with E-state index in [9.17, 15) is 4.79 Å². The van der Waals surface area contributed by atoms with Gasteiger partial charge in [0.15, 0.2) is 0 Å². The molecule has 1 N–H and O–H groups in total. The van der Waals surface area contributed by atoms with Crippen molar-refractivity contribution in [1.82, 2.24) is 10.3 Å². The summed E-state index contributed by atoms with van der Waals surface area (Å²) in [6.45, 7) is 3.85. The molecule has 3 rings (SSSR count). The van der Waals surface area contributed by atoms with E-state index in [-0.39, 0.29) is 11.9 Å². The summed E-state index contributed by atoms with van der Waals surface area (Å²) in [5.74, 6) is 0.649. The van der Waals surface area contributed by atoms with Crippen molar-refractivity contribution in [3.8, 4) is 5.75 Å². The summed E-state index contributed by atoms with van der Waals surface area (Å²) < 4.78 is 5.38. The van der Waals surface area contributed by atoms with Crippen molar-refractivity contribution in [3.05, 3.63) is 71.4 Å². The number of para-hydroxylation sites is 2. The maximum atomic E-state index is 12.8. The molecule has 0 aliphatic heterocycles. The van der Waals surface area contributed by atoms with Gasteiger partial charge >= 0.3 is 0 Å². The van der Waals surface area contributed by atoms with Crippen LogP contribution in [0.25, 0.3) is 10.9 Å². The first-order valence-electron chi connectivity index (χ1n) is 7.90. The van der Waals surface area contributed by atoms with Crippen LogP contribution in [0.1, 0.15) is 34.6 Å². The van der Waals surface area contributed by atoms with Gasteiger partial charge in [0.1, 0.15) is 5.75 Å². The van der Waals surface area contributed by atoms with Crippen LogP contribution in [0.15, 0.2) is 54.6 Å². The van der Waals surface area contributed by atoms with Crippen molar-refractivity contribution in [2.45, 2.75) is 19.9 Å². The Balaban J connectivity index is 1.93. The first-order valence-corrected chi connectivity index (χ1v) is 7.90. The number of hydrogen-bond acceptors (Lipinski definition) is 3. The van der Waals surface area contributed by atoms with Crippen LogP contribution in [0.5, 0.6) is 5.75 Å². The number of nitrogens with zero attached hydrogens (tertiary/aromatic N) is 1. The van der Waals surface area contributed by atoms with Crippen LogP contribution >= 0.6 is 0 Å². The zero-order valence-corrected chi connectivity index (χ0v) is 14.0. The molecule has 1 amide bonds. The summed E-state index contributed by atoms with van der Waals surface area (Å²) in [7, 11) is 1.63. The third-order valence-corrected chi connectivity index (χ3v) is 4.04. The van der Waals surface area contributed by atoms with Crippen LogP contribution in [0.4, 0.5) is 0 Å². The summed E-state index contributed by atoms with van der Waals surface area (Å²) in [5.41, 5.74) is 3.24. The number of carbonyl (C=O) groups is 1. The van der Waals surface area contributed by atoms with E-state index >= 15 is 0 Å². The third kappa shape index (κ3) is 3.08. The minimum atomic E-state index is -0.166. The molecule has 0 fully saturated rings. The van der Waals surface area contributed by atoms with Gasteiger partial charge in [0.05, 0.1) is 24.2 Å². The first-order chi connectivity index (χ1) is 11.6. The summed E-state index contributed by atoms with van der Waals surface area (Å²) in [5, 5.41) is 3.91. The Morgan fingerprint density at radius 3 is 2.62 bits per heavy atom. The number of aromatic nitrogens is 1. The first kappa shape index (κ1) is 16.0. The smallest absolute Gasteiger partial charge is 0.252 e. The molecule has 1 unspecified atom stereocenters. The molecule has 122 valence electrons. The molecule has 0 radical (unpaired) electrons. The highest BCUT2D eigenvalue weighted by molar-refractivity contribution is 6.06. The van der Waals surface area contributed by atoms with E-state index in [1.165, 1.54) is 0 Å². The minimum Gasteiger partial charge on any atom is -0.496 e. The molecular weight excluding hydrogens is 300 g/mol. The number of amides is 1. The Bertz CT molecular complexity index is 890. The number of ether oxygens (including phenoxy) is 1. The average Bonchev–Trinajstić information content (AvgIpc) is 2.60. The molecule has 1 atom stereocenters. The largest absolute Gasteiger partial charge is 0.496 e. The maximum Gasteiger partial charge on any atom is 0.252 e. The molecule has 0 saturated carbocycles. The van der Waals surface area contributed by atoms with Crippen LogP contribution in [-0.2, 0) is 0 Å². The fourth-order valence-electron chi connectivity index (χ4n) is 2.87. The molecule has 3 aromatic rings.